The number of rotatable bonds is 6. The zero-order valence-corrected chi connectivity index (χ0v) is 12.1. The third kappa shape index (κ3) is 3.58. The Hall–Kier alpha value is -1.39. The number of hydrogen-bond donors (Lipinski definition) is 1. The van der Waals surface area contributed by atoms with Crippen LogP contribution in [0.1, 0.15) is 24.4 Å². The van der Waals surface area contributed by atoms with Crippen molar-refractivity contribution >= 4 is 0 Å². The van der Waals surface area contributed by atoms with Crippen LogP contribution in [0.2, 0.25) is 0 Å². The molecule has 1 saturated heterocycles. The summed E-state index contributed by atoms with van der Waals surface area (Å²) >= 11 is 0. The Morgan fingerprint density at radius 3 is 2.85 bits per heavy atom. The molecule has 0 bridgehead atoms. The highest BCUT2D eigenvalue weighted by atomic mass is 19.1. The predicted molar refractivity (Wildman–Crippen MR) is 79.6 cm³/mol. The van der Waals surface area contributed by atoms with E-state index in [1.165, 1.54) is 6.07 Å². The first-order valence-corrected chi connectivity index (χ1v) is 7.15. The number of allylic oxidation sites excluding steroid dienone is 1. The largest absolute Gasteiger partial charge is 0.496 e. The van der Waals surface area contributed by atoms with Gasteiger partial charge in [0.05, 0.1) is 7.11 Å². The maximum Gasteiger partial charge on any atom is 0.123 e. The molecule has 1 aliphatic rings. The standard InChI is InChI=1S/C16H23FN2O/c1-3-4-5-15(19-10-8-18-9-11-19)14-12-13(17)6-7-16(14)20-2/h3,6-7,12,15,18H,1,4-5,8-11H2,2H3/t15-/m1/s1. The van der Waals surface area contributed by atoms with Crippen molar-refractivity contribution in [3.05, 3.63) is 42.2 Å². The molecule has 110 valence electrons. The molecule has 0 spiro atoms. The quantitative estimate of drug-likeness (QED) is 0.810. The van der Waals surface area contributed by atoms with Gasteiger partial charge in [-0.05, 0) is 31.0 Å². The number of nitrogens with one attached hydrogen (secondary N) is 1. The van der Waals surface area contributed by atoms with Crippen molar-refractivity contribution in [2.75, 3.05) is 33.3 Å². The van der Waals surface area contributed by atoms with Gasteiger partial charge in [0.1, 0.15) is 11.6 Å². The lowest BCUT2D eigenvalue weighted by Gasteiger charge is -2.35. The molecule has 2 rings (SSSR count). The second-order valence-corrected chi connectivity index (χ2v) is 5.05. The van der Waals surface area contributed by atoms with Crippen LogP contribution in [0.15, 0.2) is 30.9 Å². The maximum absolute atomic E-state index is 13.6. The Bertz CT molecular complexity index is 444. The number of piperazine rings is 1. The van der Waals surface area contributed by atoms with Gasteiger partial charge >= 0.3 is 0 Å². The van der Waals surface area contributed by atoms with E-state index < -0.39 is 0 Å². The van der Waals surface area contributed by atoms with Crippen molar-refractivity contribution in [1.82, 2.24) is 10.2 Å². The number of ether oxygens (including phenoxy) is 1. The van der Waals surface area contributed by atoms with Crippen molar-refractivity contribution in [2.24, 2.45) is 0 Å². The molecule has 1 aromatic rings. The minimum absolute atomic E-state index is 0.181. The summed E-state index contributed by atoms with van der Waals surface area (Å²) < 4.78 is 19.0. The summed E-state index contributed by atoms with van der Waals surface area (Å²) in [7, 11) is 1.64. The molecule has 3 nitrogen and oxygen atoms in total. The summed E-state index contributed by atoms with van der Waals surface area (Å²) in [5, 5.41) is 3.35. The fourth-order valence-corrected chi connectivity index (χ4v) is 2.77. The van der Waals surface area contributed by atoms with Crippen LogP contribution >= 0.6 is 0 Å². The van der Waals surface area contributed by atoms with E-state index >= 15 is 0 Å². The predicted octanol–water partition coefficient (Wildman–Crippen LogP) is 2.75. The lowest BCUT2D eigenvalue weighted by Crippen LogP contribution is -2.45. The topological polar surface area (TPSA) is 24.5 Å². The van der Waals surface area contributed by atoms with Gasteiger partial charge in [-0.1, -0.05) is 6.08 Å². The van der Waals surface area contributed by atoms with Crippen LogP contribution in [0.25, 0.3) is 0 Å². The molecule has 0 amide bonds. The first kappa shape index (κ1) is 15.0. The Morgan fingerprint density at radius 1 is 1.45 bits per heavy atom. The normalized spacial score (nSPS) is 17.7. The average Bonchev–Trinajstić information content (AvgIpc) is 2.49. The van der Waals surface area contributed by atoms with E-state index in [2.05, 4.69) is 16.8 Å². The number of benzene rings is 1. The number of hydrogen-bond acceptors (Lipinski definition) is 3. The van der Waals surface area contributed by atoms with Gasteiger partial charge in [0.25, 0.3) is 0 Å². The second-order valence-electron chi connectivity index (χ2n) is 5.05. The smallest absolute Gasteiger partial charge is 0.123 e. The van der Waals surface area contributed by atoms with E-state index in [0.717, 1.165) is 50.3 Å². The molecular formula is C16H23FN2O. The second kappa shape index (κ2) is 7.41. The average molecular weight is 278 g/mol. The van der Waals surface area contributed by atoms with Crippen LogP contribution in [0.4, 0.5) is 4.39 Å². The van der Waals surface area contributed by atoms with Gasteiger partial charge in [-0.15, -0.1) is 6.58 Å². The highest BCUT2D eigenvalue weighted by Gasteiger charge is 2.24. The zero-order chi connectivity index (χ0) is 14.4. The van der Waals surface area contributed by atoms with E-state index in [1.807, 2.05) is 6.08 Å². The lowest BCUT2D eigenvalue weighted by molar-refractivity contribution is 0.163. The third-order valence-corrected chi connectivity index (χ3v) is 3.79. The van der Waals surface area contributed by atoms with Crippen LogP contribution in [-0.4, -0.2) is 38.2 Å². The van der Waals surface area contributed by atoms with E-state index in [1.54, 1.807) is 19.2 Å². The highest BCUT2D eigenvalue weighted by molar-refractivity contribution is 5.36. The minimum atomic E-state index is -0.209. The number of nitrogens with zero attached hydrogens (tertiary/aromatic N) is 1. The van der Waals surface area contributed by atoms with Crippen molar-refractivity contribution in [3.63, 3.8) is 0 Å². The summed E-state index contributed by atoms with van der Waals surface area (Å²) in [5.41, 5.74) is 0.941. The molecule has 0 radical (unpaired) electrons. The molecule has 1 aliphatic heterocycles. The zero-order valence-electron chi connectivity index (χ0n) is 12.1. The molecular weight excluding hydrogens is 255 g/mol. The molecule has 0 unspecified atom stereocenters. The molecule has 0 aliphatic carbocycles. The Morgan fingerprint density at radius 2 is 2.20 bits per heavy atom. The van der Waals surface area contributed by atoms with E-state index in [-0.39, 0.29) is 11.9 Å². The Balaban J connectivity index is 2.28. The van der Waals surface area contributed by atoms with Gasteiger partial charge in [-0.2, -0.15) is 0 Å². The third-order valence-electron chi connectivity index (χ3n) is 3.79. The summed E-state index contributed by atoms with van der Waals surface area (Å²) in [6.45, 7) is 7.69. The van der Waals surface area contributed by atoms with E-state index in [4.69, 9.17) is 4.74 Å². The SMILES string of the molecule is C=CCC[C@H](c1cc(F)ccc1OC)N1CCNCC1. The van der Waals surface area contributed by atoms with Gasteiger partial charge in [-0.3, -0.25) is 4.90 Å². The minimum Gasteiger partial charge on any atom is -0.496 e. The van der Waals surface area contributed by atoms with Gasteiger partial charge in [0.15, 0.2) is 0 Å². The van der Waals surface area contributed by atoms with Crippen molar-refractivity contribution in [2.45, 2.75) is 18.9 Å². The summed E-state index contributed by atoms with van der Waals surface area (Å²) in [5.74, 6) is 0.554. The monoisotopic (exact) mass is 278 g/mol. The molecule has 1 heterocycles. The number of methoxy groups -OCH3 is 1. The molecule has 0 aromatic heterocycles. The maximum atomic E-state index is 13.6. The van der Waals surface area contributed by atoms with Crippen LogP contribution in [0, 0.1) is 5.82 Å². The number of halogens is 1. The lowest BCUT2D eigenvalue weighted by atomic mass is 9.98. The Labute approximate surface area is 120 Å². The molecule has 0 saturated carbocycles. The van der Waals surface area contributed by atoms with Crippen LogP contribution < -0.4 is 10.1 Å². The van der Waals surface area contributed by atoms with Crippen LogP contribution in [0.5, 0.6) is 5.75 Å². The summed E-state index contributed by atoms with van der Waals surface area (Å²) in [4.78, 5) is 2.40. The Kier molecular flexibility index (Phi) is 5.56. The first-order valence-electron chi connectivity index (χ1n) is 7.15. The summed E-state index contributed by atoms with van der Waals surface area (Å²) in [6, 6.07) is 4.95. The van der Waals surface area contributed by atoms with Gasteiger partial charge in [0, 0.05) is 37.8 Å². The fraction of sp³-hybridized carbons (Fsp3) is 0.500. The molecule has 1 N–H and O–H groups in total. The van der Waals surface area contributed by atoms with E-state index in [0.29, 0.717) is 0 Å². The molecule has 1 aromatic carbocycles. The van der Waals surface area contributed by atoms with E-state index in [9.17, 15) is 4.39 Å². The van der Waals surface area contributed by atoms with Gasteiger partial charge in [-0.25, -0.2) is 4.39 Å². The fourth-order valence-electron chi connectivity index (χ4n) is 2.77. The molecule has 1 fully saturated rings. The molecule has 4 heteroatoms. The van der Waals surface area contributed by atoms with Crippen LogP contribution in [-0.2, 0) is 0 Å². The van der Waals surface area contributed by atoms with Crippen LogP contribution in [0.3, 0.4) is 0 Å². The van der Waals surface area contributed by atoms with Crippen molar-refractivity contribution in [1.29, 1.82) is 0 Å². The van der Waals surface area contributed by atoms with Crippen molar-refractivity contribution in [3.8, 4) is 5.75 Å². The highest BCUT2D eigenvalue weighted by Crippen LogP contribution is 2.33. The van der Waals surface area contributed by atoms with Gasteiger partial charge < -0.3 is 10.1 Å². The molecule has 1 atom stereocenters. The van der Waals surface area contributed by atoms with Crippen molar-refractivity contribution < 1.29 is 9.13 Å². The summed E-state index contributed by atoms with van der Waals surface area (Å²) in [6.07, 6.45) is 3.76. The first-order chi connectivity index (χ1) is 9.76. The van der Waals surface area contributed by atoms with Gasteiger partial charge in [0.2, 0.25) is 0 Å². The molecule has 20 heavy (non-hydrogen) atoms.